The molecule has 1 amide bonds. The van der Waals surface area contributed by atoms with Gasteiger partial charge in [-0.3, -0.25) is 4.79 Å². The van der Waals surface area contributed by atoms with Crippen LogP contribution in [0.1, 0.15) is 19.3 Å². The fourth-order valence-corrected chi connectivity index (χ4v) is 4.14. The third-order valence-corrected chi connectivity index (χ3v) is 5.16. The van der Waals surface area contributed by atoms with Gasteiger partial charge in [0.25, 0.3) is 0 Å². The summed E-state index contributed by atoms with van der Waals surface area (Å²) in [7, 11) is 3.05. The number of rotatable bonds is 5. The number of anilines is 1. The Bertz CT molecular complexity index is 629. The molecule has 0 saturated heterocycles. The third-order valence-electron chi connectivity index (χ3n) is 5.16. The highest BCUT2D eigenvalue weighted by molar-refractivity contribution is 5.97. The van der Waals surface area contributed by atoms with Crippen molar-refractivity contribution in [3.05, 3.63) is 18.2 Å². The van der Waals surface area contributed by atoms with Gasteiger partial charge in [-0.05, 0) is 43.2 Å². The summed E-state index contributed by atoms with van der Waals surface area (Å²) in [4.78, 5) is 24.1. The standard InChI is InChI=1S/C17H21NO5/c1-22-11-5-6-13(23-2)12(8-11)18-16(19)14-9-3-4-10(7-9)15(14)17(20)21/h5-6,8-10,14-15H,3-4,7H2,1-2H3,(H,18,19)(H,20,21)/p-1/t9-,10-,14+,15-/m0/s1. The Morgan fingerprint density at radius 1 is 1.13 bits per heavy atom. The van der Waals surface area contributed by atoms with E-state index >= 15 is 0 Å². The Hall–Kier alpha value is -2.24. The summed E-state index contributed by atoms with van der Waals surface area (Å²) in [5.41, 5.74) is 0.483. The zero-order valence-electron chi connectivity index (χ0n) is 13.2. The Morgan fingerprint density at radius 2 is 1.83 bits per heavy atom. The van der Waals surface area contributed by atoms with Crippen LogP contribution < -0.4 is 19.9 Å². The van der Waals surface area contributed by atoms with E-state index in [4.69, 9.17) is 9.47 Å². The molecule has 2 aliphatic rings. The summed E-state index contributed by atoms with van der Waals surface area (Å²) >= 11 is 0. The molecule has 0 aliphatic heterocycles. The maximum absolute atomic E-state index is 12.7. The number of carbonyl (C=O) groups is 2. The van der Waals surface area contributed by atoms with Crippen molar-refractivity contribution >= 4 is 17.6 Å². The quantitative estimate of drug-likeness (QED) is 0.877. The van der Waals surface area contributed by atoms with Crippen molar-refractivity contribution in [1.82, 2.24) is 0 Å². The fraction of sp³-hybridized carbons (Fsp3) is 0.529. The molecule has 2 aliphatic carbocycles. The summed E-state index contributed by atoms with van der Waals surface area (Å²) in [5, 5.41) is 14.3. The summed E-state index contributed by atoms with van der Waals surface area (Å²) in [6.07, 6.45) is 2.57. The minimum Gasteiger partial charge on any atom is -0.550 e. The van der Waals surface area contributed by atoms with Gasteiger partial charge in [0.05, 0.1) is 19.9 Å². The van der Waals surface area contributed by atoms with E-state index in [2.05, 4.69) is 5.32 Å². The van der Waals surface area contributed by atoms with Crippen LogP contribution in [0.2, 0.25) is 0 Å². The summed E-state index contributed by atoms with van der Waals surface area (Å²) in [6, 6.07) is 5.10. The minimum atomic E-state index is -1.12. The van der Waals surface area contributed by atoms with Crippen molar-refractivity contribution in [2.45, 2.75) is 19.3 Å². The number of ether oxygens (including phenoxy) is 2. The summed E-state index contributed by atoms with van der Waals surface area (Å²) in [6.45, 7) is 0. The lowest BCUT2D eigenvalue weighted by molar-refractivity contribution is -0.314. The van der Waals surface area contributed by atoms with Crippen LogP contribution in [0.5, 0.6) is 11.5 Å². The smallest absolute Gasteiger partial charge is 0.228 e. The van der Waals surface area contributed by atoms with Gasteiger partial charge >= 0.3 is 0 Å². The van der Waals surface area contributed by atoms with Crippen LogP contribution in [0.4, 0.5) is 5.69 Å². The molecule has 1 N–H and O–H groups in total. The zero-order valence-corrected chi connectivity index (χ0v) is 13.2. The Balaban J connectivity index is 1.83. The molecule has 3 rings (SSSR count). The number of carboxylic acid groups (broad SMARTS) is 1. The monoisotopic (exact) mass is 318 g/mol. The van der Waals surface area contributed by atoms with Gasteiger partial charge in [0, 0.05) is 23.9 Å². The highest BCUT2D eigenvalue weighted by Gasteiger charge is 2.51. The Labute approximate surface area is 134 Å². The third kappa shape index (κ3) is 2.73. The largest absolute Gasteiger partial charge is 0.550 e. The van der Waals surface area contributed by atoms with Crippen LogP contribution in [-0.4, -0.2) is 26.1 Å². The van der Waals surface area contributed by atoms with Crippen molar-refractivity contribution in [3.63, 3.8) is 0 Å². The van der Waals surface area contributed by atoms with E-state index in [0.717, 1.165) is 19.3 Å². The lowest BCUT2D eigenvalue weighted by Crippen LogP contribution is -2.44. The van der Waals surface area contributed by atoms with Gasteiger partial charge in [0.15, 0.2) is 0 Å². The number of aliphatic carboxylic acids is 1. The second-order valence-electron chi connectivity index (χ2n) is 6.26. The molecule has 2 fully saturated rings. The van der Waals surface area contributed by atoms with Crippen molar-refractivity contribution in [3.8, 4) is 11.5 Å². The van der Waals surface area contributed by atoms with Crippen LogP contribution in [0, 0.1) is 23.7 Å². The number of benzene rings is 1. The second-order valence-corrected chi connectivity index (χ2v) is 6.26. The molecule has 2 bridgehead atoms. The molecule has 1 aromatic carbocycles. The molecule has 2 saturated carbocycles. The molecular formula is C17H20NO5-. The van der Waals surface area contributed by atoms with Crippen LogP contribution in [0.15, 0.2) is 18.2 Å². The van der Waals surface area contributed by atoms with Crippen molar-refractivity contribution < 1.29 is 24.2 Å². The molecule has 4 atom stereocenters. The maximum Gasteiger partial charge on any atom is 0.228 e. The predicted octanol–water partition coefficient (Wildman–Crippen LogP) is 1.05. The molecule has 6 nitrogen and oxygen atoms in total. The number of amides is 1. The van der Waals surface area contributed by atoms with Gasteiger partial charge < -0.3 is 24.7 Å². The molecule has 23 heavy (non-hydrogen) atoms. The first-order chi connectivity index (χ1) is 11.0. The molecule has 0 spiro atoms. The van der Waals surface area contributed by atoms with Gasteiger partial charge in [-0.1, -0.05) is 0 Å². The summed E-state index contributed by atoms with van der Waals surface area (Å²) < 4.78 is 10.4. The van der Waals surface area contributed by atoms with E-state index in [1.54, 1.807) is 18.2 Å². The molecule has 0 heterocycles. The second kappa shape index (κ2) is 6.10. The van der Waals surface area contributed by atoms with Gasteiger partial charge in [-0.15, -0.1) is 0 Å². The number of nitrogens with one attached hydrogen (secondary N) is 1. The lowest BCUT2D eigenvalue weighted by atomic mass is 9.78. The Kier molecular flexibility index (Phi) is 4.15. The molecule has 124 valence electrons. The van der Waals surface area contributed by atoms with E-state index in [1.165, 1.54) is 14.2 Å². The molecule has 6 heteroatoms. The highest BCUT2D eigenvalue weighted by atomic mass is 16.5. The van der Waals surface area contributed by atoms with Crippen LogP contribution in [0.25, 0.3) is 0 Å². The van der Waals surface area contributed by atoms with E-state index in [9.17, 15) is 14.7 Å². The van der Waals surface area contributed by atoms with Gasteiger partial charge in [0.2, 0.25) is 5.91 Å². The van der Waals surface area contributed by atoms with Crippen LogP contribution >= 0.6 is 0 Å². The van der Waals surface area contributed by atoms with Crippen molar-refractivity contribution in [2.24, 2.45) is 23.7 Å². The van der Waals surface area contributed by atoms with Crippen LogP contribution in [0.3, 0.4) is 0 Å². The fourth-order valence-electron chi connectivity index (χ4n) is 4.14. The molecule has 1 aromatic rings. The average Bonchev–Trinajstić information content (AvgIpc) is 3.15. The minimum absolute atomic E-state index is 0.0629. The SMILES string of the molecule is COc1ccc(OC)c(NC(=O)[C@@H]2[C@H]3CC[C@@H](C3)[C@@H]2C(=O)[O-])c1. The molecule has 0 unspecified atom stereocenters. The van der Waals surface area contributed by atoms with Crippen molar-refractivity contribution in [2.75, 3.05) is 19.5 Å². The number of carboxylic acids is 1. The van der Waals surface area contributed by atoms with E-state index < -0.39 is 17.8 Å². The first kappa shape index (κ1) is 15.6. The lowest BCUT2D eigenvalue weighted by Gasteiger charge is -2.30. The number of fused-ring (bicyclic) bond motifs is 2. The van der Waals surface area contributed by atoms with Crippen LogP contribution in [-0.2, 0) is 9.59 Å². The predicted molar refractivity (Wildman–Crippen MR) is 81.0 cm³/mol. The van der Waals surface area contributed by atoms with Crippen molar-refractivity contribution in [1.29, 1.82) is 0 Å². The van der Waals surface area contributed by atoms with E-state index in [0.29, 0.717) is 17.2 Å². The number of methoxy groups -OCH3 is 2. The van der Waals surface area contributed by atoms with E-state index in [1.807, 2.05) is 0 Å². The number of hydrogen-bond acceptors (Lipinski definition) is 5. The average molecular weight is 318 g/mol. The molecule has 0 radical (unpaired) electrons. The highest BCUT2D eigenvalue weighted by Crippen LogP contribution is 2.52. The van der Waals surface area contributed by atoms with Gasteiger partial charge in [0.1, 0.15) is 11.5 Å². The van der Waals surface area contributed by atoms with Gasteiger partial charge in [-0.2, -0.15) is 0 Å². The molecular weight excluding hydrogens is 298 g/mol. The van der Waals surface area contributed by atoms with Gasteiger partial charge in [-0.25, -0.2) is 0 Å². The first-order valence-corrected chi connectivity index (χ1v) is 7.79. The summed E-state index contributed by atoms with van der Waals surface area (Å²) in [5.74, 6) is -1.34. The Morgan fingerprint density at radius 3 is 2.43 bits per heavy atom. The number of hydrogen-bond donors (Lipinski definition) is 1. The maximum atomic E-state index is 12.7. The number of carbonyl (C=O) groups excluding carboxylic acids is 2. The van der Waals surface area contributed by atoms with E-state index in [-0.39, 0.29) is 17.7 Å². The normalized spacial score (nSPS) is 28.4. The first-order valence-electron chi connectivity index (χ1n) is 7.79. The zero-order chi connectivity index (χ0) is 16.6. The topological polar surface area (TPSA) is 87.7 Å². The molecule has 0 aromatic heterocycles.